The second-order valence-electron chi connectivity index (χ2n) is 6.24. The maximum absolute atomic E-state index is 12.6. The molecule has 23 heavy (non-hydrogen) atoms. The standard InChI is InChI=1S/C20H25NO2/c1-2-21(17-11-4-3-5-12-17)20(22)15-23-19-14-8-10-16-9-6-7-13-18(16)19/h6-10,13-14,17H,2-5,11-12,15H2,1H3. The minimum Gasteiger partial charge on any atom is -0.483 e. The van der Waals surface area contributed by atoms with Crippen molar-refractivity contribution in [2.75, 3.05) is 13.2 Å². The van der Waals surface area contributed by atoms with Crippen LogP contribution in [0.2, 0.25) is 0 Å². The SMILES string of the molecule is CCN(C(=O)COc1cccc2ccccc12)C1CCCCC1. The summed E-state index contributed by atoms with van der Waals surface area (Å²) >= 11 is 0. The first-order chi connectivity index (χ1) is 11.3. The molecular formula is C20H25NO2. The van der Waals surface area contributed by atoms with E-state index in [-0.39, 0.29) is 12.5 Å². The van der Waals surface area contributed by atoms with E-state index in [1.54, 1.807) is 0 Å². The zero-order valence-electron chi connectivity index (χ0n) is 13.8. The first kappa shape index (κ1) is 15.9. The Labute approximate surface area is 138 Å². The van der Waals surface area contributed by atoms with Crippen LogP contribution in [0.4, 0.5) is 0 Å². The number of benzene rings is 2. The fraction of sp³-hybridized carbons (Fsp3) is 0.450. The van der Waals surface area contributed by atoms with Gasteiger partial charge in [0, 0.05) is 18.0 Å². The number of ether oxygens (including phenoxy) is 1. The van der Waals surface area contributed by atoms with E-state index in [0.717, 1.165) is 35.9 Å². The highest BCUT2D eigenvalue weighted by molar-refractivity contribution is 5.88. The molecule has 1 aliphatic rings. The molecular weight excluding hydrogens is 286 g/mol. The molecule has 2 aromatic carbocycles. The number of likely N-dealkylation sites (N-methyl/N-ethyl adjacent to an activating group) is 1. The number of carbonyl (C=O) groups is 1. The molecule has 0 aliphatic heterocycles. The van der Waals surface area contributed by atoms with Gasteiger partial charge in [0.25, 0.3) is 5.91 Å². The number of rotatable bonds is 5. The molecule has 1 saturated carbocycles. The number of amides is 1. The number of nitrogens with zero attached hydrogens (tertiary/aromatic N) is 1. The van der Waals surface area contributed by atoms with Crippen LogP contribution in [-0.2, 0) is 4.79 Å². The van der Waals surface area contributed by atoms with Crippen molar-refractivity contribution in [2.45, 2.75) is 45.1 Å². The van der Waals surface area contributed by atoms with Gasteiger partial charge in [-0.05, 0) is 31.2 Å². The summed E-state index contributed by atoms with van der Waals surface area (Å²) in [6.45, 7) is 2.95. The van der Waals surface area contributed by atoms with Crippen molar-refractivity contribution in [2.24, 2.45) is 0 Å². The summed E-state index contributed by atoms with van der Waals surface area (Å²) in [7, 11) is 0. The minimum atomic E-state index is 0.104. The fourth-order valence-electron chi connectivity index (χ4n) is 3.57. The quantitative estimate of drug-likeness (QED) is 0.819. The molecule has 0 saturated heterocycles. The van der Waals surface area contributed by atoms with E-state index in [1.165, 1.54) is 19.3 Å². The molecule has 0 spiro atoms. The Balaban J connectivity index is 1.67. The molecule has 1 aliphatic carbocycles. The van der Waals surface area contributed by atoms with Gasteiger partial charge in [-0.15, -0.1) is 0 Å². The third-order valence-electron chi connectivity index (χ3n) is 4.78. The molecule has 1 amide bonds. The highest BCUT2D eigenvalue weighted by atomic mass is 16.5. The highest BCUT2D eigenvalue weighted by Gasteiger charge is 2.24. The van der Waals surface area contributed by atoms with Gasteiger partial charge < -0.3 is 9.64 Å². The molecule has 2 aromatic rings. The van der Waals surface area contributed by atoms with Crippen LogP contribution in [-0.4, -0.2) is 30.0 Å². The van der Waals surface area contributed by atoms with Crippen LogP contribution < -0.4 is 4.74 Å². The zero-order valence-corrected chi connectivity index (χ0v) is 13.8. The Morgan fingerprint density at radius 2 is 1.83 bits per heavy atom. The van der Waals surface area contributed by atoms with Gasteiger partial charge >= 0.3 is 0 Å². The fourth-order valence-corrected chi connectivity index (χ4v) is 3.57. The number of hydrogen-bond acceptors (Lipinski definition) is 2. The van der Waals surface area contributed by atoms with Gasteiger partial charge in [0.05, 0.1) is 0 Å². The average Bonchev–Trinajstić information content (AvgIpc) is 2.61. The Kier molecular flexibility index (Phi) is 5.16. The molecule has 3 rings (SSSR count). The van der Waals surface area contributed by atoms with Crippen molar-refractivity contribution in [3.8, 4) is 5.75 Å². The molecule has 0 bridgehead atoms. The predicted octanol–water partition coefficient (Wildman–Crippen LogP) is 4.40. The van der Waals surface area contributed by atoms with Gasteiger partial charge in [-0.2, -0.15) is 0 Å². The van der Waals surface area contributed by atoms with Crippen LogP contribution in [0.15, 0.2) is 42.5 Å². The Hall–Kier alpha value is -2.03. The van der Waals surface area contributed by atoms with Crippen LogP contribution in [0.3, 0.4) is 0 Å². The summed E-state index contributed by atoms with van der Waals surface area (Å²) in [5.74, 6) is 0.892. The molecule has 1 fully saturated rings. The smallest absolute Gasteiger partial charge is 0.260 e. The molecule has 0 N–H and O–H groups in total. The molecule has 0 radical (unpaired) electrons. The molecule has 3 nitrogen and oxygen atoms in total. The summed E-state index contributed by atoms with van der Waals surface area (Å²) in [4.78, 5) is 14.6. The van der Waals surface area contributed by atoms with Crippen LogP contribution >= 0.6 is 0 Å². The second kappa shape index (κ2) is 7.49. The summed E-state index contributed by atoms with van der Waals surface area (Å²) in [6.07, 6.45) is 6.04. The molecule has 0 heterocycles. The van der Waals surface area contributed by atoms with E-state index in [1.807, 2.05) is 35.2 Å². The lowest BCUT2D eigenvalue weighted by Gasteiger charge is -2.33. The monoisotopic (exact) mass is 311 g/mol. The van der Waals surface area contributed by atoms with Gasteiger partial charge in [0.2, 0.25) is 0 Å². The summed E-state index contributed by atoms with van der Waals surface area (Å²) in [5.41, 5.74) is 0. The van der Waals surface area contributed by atoms with Crippen molar-refractivity contribution in [3.63, 3.8) is 0 Å². The molecule has 0 aromatic heterocycles. The van der Waals surface area contributed by atoms with Gasteiger partial charge in [-0.3, -0.25) is 4.79 Å². The van der Waals surface area contributed by atoms with Gasteiger partial charge in [-0.25, -0.2) is 0 Å². The van der Waals surface area contributed by atoms with Crippen LogP contribution in [0, 0.1) is 0 Å². The second-order valence-corrected chi connectivity index (χ2v) is 6.24. The van der Waals surface area contributed by atoms with Crippen molar-refractivity contribution in [1.82, 2.24) is 4.90 Å². The lowest BCUT2D eigenvalue weighted by molar-refractivity contribution is -0.136. The first-order valence-electron chi connectivity index (χ1n) is 8.69. The molecule has 0 unspecified atom stereocenters. The zero-order chi connectivity index (χ0) is 16.1. The highest BCUT2D eigenvalue weighted by Crippen LogP contribution is 2.26. The molecule has 122 valence electrons. The van der Waals surface area contributed by atoms with E-state index in [2.05, 4.69) is 19.1 Å². The molecule has 0 atom stereocenters. The van der Waals surface area contributed by atoms with Crippen molar-refractivity contribution >= 4 is 16.7 Å². The first-order valence-corrected chi connectivity index (χ1v) is 8.69. The Morgan fingerprint density at radius 1 is 1.09 bits per heavy atom. The van der Waals surface area contributed by atoms with Crippen LogP contribution in [0.5, 0.6) is 5.75 Å². The maximum atomic E-state index is 12.6. The Morgan fingerprint density at radius 3 is 2.61 bits per heavy atom. The average molecular weight is 311 g/mol. The van der Waals surface area contributed by atoms with E-state index < -0.39 is 0 Å². The predicted molar refractivity (Wildman–Crippen MR) is 93.7 cm³/mol. The van der Waals surface area contributed by atoms with Crippen molar-refractivity contribution in [3.05, 3.63) is 42.5 Å². The van der Waals surface area contributed by atoms with E-state index >= 15 is 0 Å². The lowest BCUT2D eigenvalue weighted by atomic mass is 9.94. The van der Waals surface area contributed by atoms with Crippen LogP contribution in [0.1, 0.15) is 39.0 Å². The Bertz CT molecular complexity index is 656. The van der Waals surface area contributed by atoms with Crippen molar-refractivity contribution in [1.29, 1.82) is 0 Å². The van der Waals surface area contributed by atoms with E-state index in [9.17, 15) is 4.79 Å². The number of hydrogen-bond donors (Lipinski definition) is 0. The summed E-state index contributed by atoms with van der Waals surface area (Å²) in [6, 6.07) is 14.5. The maximum Gasteiger partial charge on any atom is 0.260 e. The minimum absolute atomic E-state index is 0.104. The van der Waals surface area contributed by atoms with Crippen LogP contribution in [0.25, 0.3) is 10.8 Å². The third kappa shape index (κ3) is 3.66. The summed E-state index contributed by atoms with van der Waals surface area (Å²) < 4.78 is 5.86. The topological polar surface area (TPSA) is 29.5 Å². The normalized spacial score (nSPS) is 15.5. The number of carbonyl (C=O) groups excluding carboxylic acids is 1. The van der Waals surface area contributed by atoms with Crippen molar-refractivity contribution < 1.29 is 9.53 Å². The van der Waals surface area contributed by atoms with E-state index in [4.69, 9.17) is 4.74 Å². The van der Waals surface area contributed by atoms with Gasteiger partial charge in [0.1, 0.15) is 5.75 Å². The molecule has 3 heteroatoms. The lowest BCUT2D eigenvalue weighted by Crippen LogP contribution is -2.43. The van der Waals surface area contributed by atoms with Gasteiger partial charge in [0.15, 0.2) is 6.61 Å². The van der Waals surface area contributed by atoms with Gasteiger partial charge in [-0.1, -0.05) is 55.7 Å². The van der Waals surface area contributed by atoms with E-state index in [0.29, 0.717) is 6.04 Å². The number of fused-ring (bicyclic) bond motifs is 1. The summed E-state index contributed by atoms with van der Waals surface area (Å²) in [5, 5.41) is 2.19. The largest absolute Gasteiger partial charge is 0.483 e. The third-order valence-corrected chi connectivity index (χ3v) is 4.78.